The number of hydrogen-bond donors (Lipinski definition) is 2. The largest absolute Gasteiger partial charge is 0.351 e. The summed E-state index contributed by atoms with van der Waals surface area (Å²) in [7, 11) is 1.80. The number of aromatic nitrogens is 1. The molecule has 1 aromatic heterocycles. The molecule has 0 aliphatic carbocycles. The Hall–Kier alpha value is -1.15. The summed E-state index contributed by atoms with van der Waals surface area (Å²) >= 11 is 1.67. The molecule has 1 unspecified atom stereocenters. The highest BCUT2D eigenvalue weighted by atomic mass is 127. The molecule has 0 radical (unpaired) electrons. The van der Waals surface area contributed by atoms with Crippen LogP contribution in [-0.2, 0) is 13.0 Å². The normalized spacial score (nSPS) is 12.6. The van der Waals surface area contributed by atoms with Crippen LogP contribution in [0.5, 0.6) is 0 Å². The SMILES string of the molecule is CN=C(NCc1scnc1C)NC(C)c1ccc(CC(C)C)cc1.I. The molecule has 2 N–H and O–H groups in total. The van der Waals surface area contributed by atoms with E-state index >= 15 is 0 Å². The van der Waals surface area contributed by atoms with Gasteiger partial charge in [0.15, 0.2) is 5.96 Å². The highest BCUT2D eigenvalue weighted by molar-refractivity contribution is 14.0. The van der Waals surface area contributed by atoms with Crippen molar-refractivity contribution in [3.05, 3.63) is 51.5 Å². The van der Waals surface area contributed by atoms with Gasteiger partial charge in [-0.2, -0.15) is 0 Å². The van der Waals surface area contributed by atoms with Crippen molar-refractivity contribution < 1.29 is 0 Å². The highest BCUT2D eigenvalue weighted by Gasteiger charge is 2.09. The van der Waals surface area contributed by atoms with Crippen LogP contribution in [0.2, 0.25) is 0 Å². The highest BCUT2D eigenvalue weighted by Crippen LogP contribution is 2.16. The third-order valence-electron chi connectivity index (χ3n) is 3.96. The molecule has 25 heavy (non-hydrogen) atoms. The van der Waals surface area contributed by atoms with E-state index in [0.29, 0.717) is 5.92 Å². The molecule has 6 heteroatoms. The van der Waals surface area contributed by atoms with E-state index in [1.165, 1.54) is 16.0 Å². The number of hydrogen-bond acceptors (Lipinski definition) is 3. The van der Waals surface area contributed by atoms with E-state index in [0.717, 1.165) is 24.6 Å². The molecule has 138 valence electrons. The van der Waals surface area contributed by atoms with Crippen LogP contribution in [0.4, 0.5) is 0 Å². The fourth-order valence-corrected chi connectivity index (χ4v) is 3.27. The van der Waals surface area contributed by atoms with Crippen molar-refractivity contribution >= 4 is 41.3 Å². The van der Waals surface area contributed by atoms with Crippen LogP contribution in [0.1, 0.15) is 48.5 Å². The Labute approximate surface area is 172 Å². The predicted molar refractivity (Wildman–Crippen MR) is 119 cm³/mol. The lowest BCUT2D eigenvalue weighted by Gasteiger charge is -2.18. The number of aliphatic imine (C=N–C) groups is 1. The van der Waals surface area contributed by atoms with E-state index in [4.69, 9.17) is 0 Å². The molecule has 0 aliphatic rings. The first kappa shape index (κ1) is 21.9. The maximum atomic E-state index is 4.32. The number of benzene rings is 1. The second kappa shape index (κ2) is 10.8. The summed E-state index contributed by atoms with van der Waals surface area (Å²) in [5.41, 5.74) is 5.62. The Bertz CT molecular complexity index is 664. The zero-order chi connectivity index (χ0) is 17.5. The van der Waals surface area contributed by atoms with Crippen LogP contribution in [-0.4, -0.2) is 18.0 Å². The van der Waals surface area contributed by atoms with Gasteiger partial charge in [0.1, 0.15) is 0 Å². The Kier molecular flexibility index (Phi) is 9.42. The number of guanidine groups is 1. The zero-order valence-corrected chi connectivity index (χ0v) is 18.8. The van der Waals surface area contributed by atoms with Crippen LogP contribution in [0.3, 0.4) is 0 Å². The van der Waals surface area contributed by atoms with Crippen molar-refractivity contribution in [1.82, 2.24) is 15.6 Å². The maximum absolute atomic E-state index is 4.32. The second-order valence-corrected chi connectivity index (χ2v) is 7.43. The zero-order valence-electron chi connectivity index (χ0n) is 15.7. The quantitative estimate of drug-likeness (QED) is 0.364. The molecule has 1 atom stereocenters. The topological polar surface area (TPSA) is 49.3 Å². The van der Waals surface area contributed by atoms with Crippen molar-refractivity contribution in [2.24, 2.45) is 10.9 Å². The third-order valence-corrected chi connectivity index (χ3v) is 4.90. The molecule has 2 rings (SSSR count). The molecular formula is C19H29IN4S. The summed E-state index contributed by atoms with van der Waals surface area (Å²) in [5.74, 6) is 1.49. The average Bonchev–Trinajstić information content (AvgIpc) is 2.96. The molecule has 1 heterocycles. The number of thiazole rings is 1. The van der Waals surface area contributed by atoms with Gasteiger partial charge < -0.3 is 10.6 Å². The Morgan fingerprint density at radius 2 is 1.88 bits per heavy atom. The Balaban J connectivity index is 0.00000312. The van der Waals surface area contributed by atoms with Gasteiger partial charge in [0.2, 0.25) is 0 Å². The fourth-order valence-electron chi connectivity index (χ4n) is 2.56. The van der Waals surface area contributed by atoms with E-state index in [1.807, 2.05) is 12.4 Å². The van der Waals surface area contributed by atoms with Gasteiger partial charge in [0.25, 0.3) is 0 Å². The first-order valence-corrected chi connectivity index (χ1v) is 9.32. The Morgan fingerprint density at radius 3 is 2.40 bits per heavy atom. The molecule has 0 saturated carbocycles. The summed E-state index contributed by atoms with van der Waals surface area (Å²) in [6.07, 6.45) is 1.12. The van der Waals surface area contributed by atoms with Crippen LogP contribution in [0.15, 0.2) is 34.8 Å². The number of aryl methyl sites for hydroxylation is 1. The number of nitrogens with zero attached hydrogens (tertiary/aromatic N) is 2. The first-order valence-electron chi connectivity index (χ1n) is 8.44. The lowest BCUT2D eigenvalue weighted by Crippen LogP contribution is -2.38. The number of halogens is 1. The maximum Gasteiger partial charge on any atom is 0.191 e. The molecular weight excluding hydrogens is 443 g/mol. The van der Waals surface area contributed by atoms with E-state index in [1.54, 1.807) is 18.4 Å². The molecule has 0 fully saturated rings. The summed E-state index contributed by atoms with van der Waals surface area (Å²) < 4.78 is 0. The van der Waals surface area contributed by atoms with Gasteiger partial charge >= 0.3 is 0 Å². The minimum atomic E-state index is 0. The molecule has 0 saturated heterocycles. The van der Waals surface area contributed by atoms with Crippen molar-refractivity contribution in [3.8, 4) is 0 Å². The second-order valence-electron chi connectivity index (χ2n) is 6.49. The smallest absolute Gasteiger partial charge is 0.191 e. The third kappa shape index (κ3) is 6.93. The molecule has 0 spiro atoms. The van der Waals surface area contributed by atoms with Gasteiger partial charge in [-0.3, -0.25) is 4.99 Å². The van der Waals surface area contributed by atoms with Gasteiger partial charge in [0.05, 0.1) is 23.8 Å². The predicted octanol–water partition coefficient (Wildman–Crippen LogP) is 4.69. The van der Waals surface area contributed by atoms with Crippen LogP contribution in [0.25, 0.3) is 0 Å². The standard InChI is InChI=1S/C19H28N4S.HI/c1-13(2)10-16-6-8-17(9-7-16)14(3)23-19(20-5)21-11-18-15(4)22-12-24-18;/h6-9,12-14H,10-11H2,1-5H3,(H2,20,21,23);1H. The summed E-state index contributed by atoms with van der Waals surface area (Å²) in [6, 6.07) is 9.06. The van der Waals surface area contributed by atoms with Crippen molar-refractivity contribution in [2.75, 3.05) is 7.05 Å². The van der Waals surface area contributed by atoms with Crippen LogP contribution < -0.4 is 10.6 Å². The van der Waals surface area contributed by atoms with E-state index in [-0.39, 0.29) is 30.0 Å². The van der Waals surface area contributed by atoms with Crippen molar-refractivity contribution in [2.45, 2.75) is 46.7 Å². The summed E-state index contributed by atoms with van der Waals surface area (Å²) in [4.78, 5) is 9.83. The molecule has 1 aromatic carbocycles. The number of rotatable bonds is 6. The lowest BCUT2D eigenvalue weighted by atomic mass is 10.00. The van der Waals surface area contributed by atoms with Crippen molar-refractivity contribution in [1.29, 1.82) is 0 Å². The van der Waals surface area contributed by atoms with Crippen LogP contribution in [0, 0.1) is 12.8 Å². The Morgan fingerprint density at radius 1 is 1.20 bits per heavy atom. The van der Waals surface area contributed by atoms with Gasteiger partial charge in [-0.1, -0.05) is 38.1 Å². The average molecular weight is 472 g/mol. The van der Waals surface area contributed by atoms with Gasteiger partial charge in [-0.05, 0) is 37.3 Å². The summed E-state index contributed by atoms with van der Waals surface area (Å²) in [5, 5.41) is 6.81. The molecule has 4 nitrogen and oxygen atoms in total. The van der Waals surface area contributed by atoms with Gasteiger partial charge in [0, 0.05) is 11.9 Å². The first-order chi connectivity index (χ1) is 11.5. The molecule has 0 amide bonds. The van der Waals surface area contributed by atoms with Crippen molar-refractivity contribution in [3.63, 3.8) is 0 Å². The molecule has 2 aromatic rings. The summed E-state index contributed by atoms with van der Waals surface area (Å²) in [6.45, 7) is 9.43. The minimum Gasteiger partial charge on any atom is -0.351 e. The van der Waals surface area contributed by atoms with E-state index in [2.05, 4.69) is 65.6 Å². The van der Waals surface area contributed by atoms with Crippen LogP contribution >= 0.6 is 35.3 Å². The fraction of sp³-hybridized carbons (Fsp3) is 0.474. The minimum absolute atomic E-state index is 0. The van der Waals surface area contributed by atoms with E-state index in [9.17, 15) is 0 Å². The molecule has 0 bridgehead atoms. The van der Waals surface area contributed by atoms with Gasteiger partial charge in [-0.25, -0.2) is 4.98 Å². The lowest BCUT2D eigenvalue weighted by molar-refractivity contribution is 0.645. The monoisotopic (exact) mass is 472 g/mol. The molecule has 0 aliphatic heterocycles. The van der Waals surface area contributed by atoms with Gasteiger partial charge in [-0.15, -0.1) is 35.3 Å². The van der Waals surface area contributed by atoms with E-state index < -0.39 is 0 Å². The number of nitrogens with one attached hydrogen (secondary N) is 2.